The van der Waals surface area contributed by atoms with Crippen LogP contribution >= 0.6 is 28.6 Å². The molecule has 1 amide bonds. The van der Waals surface area contributed by atoms with Crippen molar-refractivity contribution in [3.05, 3.63) is 22.7 Å². The topological polar surface area (TPSA) is 38.3 Å². The van der Waals surface area contributed by atoms with Crippen molar-refractivity contribution in [3.63, 3.8) is 0 Å². The number of carbonyl (C=O) groups excluding carboxylic acids is 1. The van der Waals surface area contributed by atoms with E-state index in [0.717, 1.165) is 6.07 Å². The number of halogens is 4. The van der Waals surface area contributed by atoms with Crippen molar-refractivity contribution in [1.82, 2.24) is 0 Å². The third-order valence-electron chi connectivity index (χ3n) is 1.78. The van der Waals surface area contributed by atoms with Gasteiger partial charge in [0.1, 0.15) is 0 Å². The molecular formula is C10H9BrF3NO2S. The van der Waals surface area contributed by atoms with E-state index in [0.29, 0.717) is 10.2 Å². The lowest BCUT2D eigenvalue weighted by Crippen LogP contribution is -2.19. The Kier molecular flexibility index (Phi) is 5.33. The van der Waals surface area contributed by atoms with Crippen LogP contribution in [0.1, 0.15) is 6.42 Å². The number of benzene rings is 1. The number of carbonyl (C=O) groups is 1. The Labute approximate surface area is 115 Å². The lowest BCUT2D eigenvalue weighted by atomic mass is 10.3. The second-order valence-corrected chi connectivity index (χ2v) is 4.57. The Morgan fingerprint density at radius 3 is 2.67 bits per heavy atom. The van der Waals surface area contributed by atoms with Gasteiger partial charge in [-0.15, -0.1) is 13.2 Å². The molecule has 1 aromatic rings. The molecule has 1 aromatic carbocycles. The number of thiol groups is 1. The molecule has 0 saturated carbocycles. The third-order valence-corrected chi connectivity index (χ3v) is 2.50. The smallest absolute Gasteiger partial charge is 0.404 e. The molecule has 0 saturated heterocycles. The van der Waals surface area contributed by atoms with Crippen molar-refractivity contribution in [3.8, 4) is 5.75 Å². The predicted molar refractivity (Wildman–Crippen MR) is 67.9 cm³/mol. The Bertz CT molecular complexity index is 440. The molecule has 8 heteroatoms. The van der Waals surface area contributed by atoms with Crippen LogP contribution in [0, 0.1) is 0 Å². The molecule has 1 rings (SSSR count). The van der Waals surface area contributed by atoms with Gasteiger partial charge in [-0.05, 0) is 24.0 Å². The lowest BCUT2D eigenvalue weighted by molar-refractivity contribution is -0.274. The summed E-state index contributed by atoms with van der Waals surface area (Å²) < 4.78 is 40.8. The first-order valence-corrected chi connectivity index (χ1v) is 6.20. The molecule has 0 spiro atoms. The van der Waals surface area contributed by atoms with E-state index < -0.39 is 18.0 Å². The van der Waals surface area contributed by atoms with Crippen LogP contribution in [0.5, 0.6) is 5.75 Å². The second kappa shape index (κ2) is 6.33. The molecule has 0 bridgehead atoms. The minimum absolute atomic E-state index is 0.0395. The van der Waals surface area contributed by atoms with Gasteiger partial charge in [-0.1, -0.05) is 15.9 Å². The minimum atomic E-state index is -4.82. The molecule has 0 aromatic heterocycles. The van der Waals surface area contributed by atoms with Crippen LogP contribution in [0.4, 0.5) is 18.9 Å². The fourth-order valence-corrected chi connectivity index (χ4v) is 1.67. The molecule has 0 heterocycles. The third kappa shape index (κ3) is 5.18. The Morgan fingerprint density at radius 2 is 2.11 bits per heavy atom. The van der Waals surface area contributed by atoms with Crippen molar-refractivity contribution in [2.45, 2.75) is 12.8 Å². The standard InChI is InChI=1S/C10H9BrF3NO2S/c11-6-1-2-7(15-9(16)3-4-18)8(5-6)17-10(12,13)14/h1-2,5,18H,3-4H2,(H,15,16). The highest BCUT2D eigenvalue weighted by atomic mass is 79.9. The minimum Gasteiger partial charge on any atom is -0.404 e. The van der Waals surface area contributed by atoms with Crippen LogP contribution < -0.4 is 10.1 Å². The zero-order chi connectivity index (χ0) is 13.8. The first kappa shape index (κ1) is 15.2. The van der Waals surface area contributed by atoms with Crippen LogP contribution in [-0.2, 0) is 4.79 Å². The van der Waals surface area contributed by atoms with Crippen molar-refractivity contribution >= 4 is 40.2 Å². The summed E-state index contributed by atoms with van der Waals surface area (Å²) in [6, 6.07) is 3.95. The molecule has 0 fully saturated rings. The van der Waals surface area contributed by atoms with Crippen LogP contribution in [0.25, 0.3) is 0 Å². The maximum Gasteiger partial charge on any atom is 0.573 e. The van der Waals surface area contributed by atoms with Gasteiger partial charge in [0, 0.05) is 10.9 Å². The number of hydrogen-bond donors (Lipinski definition) is 2. The van der Waals surface area contributed by atoms with Crippen LogP contribution in [0.3, 0.4) is 0 Å². The summed E-state index contributed by atoms with van der Waals surface area (Å²) in [5.41, 5.74) is -0.0395. The van der Waals surface area contributed by atoms with E-state index in [9.17, 15) is 18.0 Å². The number of hydrogen-bond acceptors (Lipinski definition) is 3. The van der Waals surface area contributed by atoms with Gasteiger partial charge in [0.25, 0.3) is 0 Å². The van der Waals surface area contributed by atoms with E-state index in [1.165, 1.54) is 12.1 Å². The summed E-state index contributed by atoms with van der Waals surface area (Å²) in [4.78, 5) is 11.3. The summed E-state index contributed by atoms with van der Waals surface area (Å²) in [5.74, 6) is -0.596. The fraction of sp³-hybridized carbons (Fsp3) is 0.300. The van der Waals surface area contributed by atoms with Gasteiger partial charge in [0.05, 0.1) is 5.69 Å². The lowest BCUT2D eigenvalue weighted by Gasteiger charge is -2.14. The van der Waals surface area contributed by atoms with Crippen molar-refractivity contribution < 1.29 is 22.7 Å². The first-order chi connectivity index (χ1) is 8.31. The summed E-state index contributed by atoms with van der Waals surface area (Å²) in [6.45, 7) is 0. The van der Waals surface area contributed by atoms with Crippen molar-refractivity contribution in [1.29, 1.82) is 0 Å². The van der Waals surface area contributed by atoms with Crippen LogP contribution in [0.15, 0.2) is 22.7 Å². The summed E-state index contributed by atoms with van der Waals surface area (Å²) in [7, 11) is 0. The molecule has 0 unspecified atom stereocenters. The zero-order valence-corrected chi connectivity index (χ0v) is 11.4. The van der Waals surface area contributed by atoms with Gasteiger partial charge < -0.3 is 10.1 Å². The highest BCUT2D eigenvalue weighted by Crippen LogP contribution is 2.32. The first-order valence-electron chi connectivity index (χ1n) is 4.78. The average molecular weight is 344 g/mol. The van der Waals surface area contributed by atoms with Gasteiger partial charge in [-0.3, -0.25) is 4.79 Å². The molecular weight excluding hydrogens is 335 g/mol. The SMILES string of the molecule is O=C(CCS)Nc1ccc(Br)cc1OC(F)(F)F. The average Bonchev–Trinajstić information content (AvgIpc) is 2.20. The van der Waals surface area contributed by atoms with E-state index in [1.54, 1.807) is 0 Å². The number of alkyl halides is 3. The summed E-state index contributed by atoms with van der Waals surface area (Å²) in [6.07, 6.45) is -4.71. The summed E-state index contributed by atoms with van der Waals surface area (Å²) in [5, 5.41) is 2.33. The number of rotatable bonds is 4. The van der Waals surface area contributed by atoms with E-state index in [1.807, 2.05) is 0 Å². The van der Waals surface area contributed by atoms with Gasteiger partial charge >= 0.3 is 6.36 Å². The highest BCUT2D eigenvalue weighted by Gasteiger charge is 2.32. The molecule has 0 aliphatic carbocycles. The number of nitrogens with one attached hydrogen (secondary N) is 1. The molecule has 100 valence electrons. The molecule has 0 radical (unpaired) electrons. The van der Waals surface area contributed by atoms with Crippen molar-refractivity contribution in [2.24, 2.45) is 0 Å². The predicted octanol–water partition coefficient (Wildman–Crippen LogP) is 3.61. The molecule has 1 N–H and O–H groups in total. The highest BCUT2D eigenvalue weighted by molar-refractivity contribution is 9.10. The van der Waals surface area contributed by atoms with E-state index >= 15 is 0 Å². The van der Waals surface area contributed by atoms with Gasteiger partial charge in [0.15, 0.2) is 5.75 Å². The molecule has 18 heavy (non-hydrogen) atoms. The van der Waals surface area contributed by atoms with E-state index in [4.69, 9.17) is 0 Å². The van der Waals surface area contributed by atoms with Crippen molar-refractivity contribution in [2.75, 3.05) is 11.1 Å². The van der Waals surface area contributed by atoms with Gasteiger partial charge in [0.2, 0.25) is 5.91 Å². The van der Waals surface area contributed by atoms with Crippen LogP contribution in [-0.4, -0.2) is 18.0 Å². The molecule has 0 aliphatic heterocycles. The number of ether oxygens (including phenoxy) is 1. The maximum atomic E-state index is 12.2. The second-order valence-electron chi connectivity index (χ2n) is 3.21. The number of anilines is 1. The molecule has 3 nitrogen and oxygen atoms in total. The largest absolute Gasteiger partial charge is 0.573 e. The Balaban J connectivity index is 2.93. The fourth-order valence-electron chi connectivity index (χ4n) is 1.12. The van der Waals surface area contributed by atoms with Gasteiger partial charge in [-0.25, -0.2) is 0 Å². The Hall–Kier alpha value is -0.890. The monoisotopic (exact) mass is 343 g/mol. The normalized spacial score (nSPS) is 11.2. The van der Waals surface area contributed by atoms with Crippen LogP contribution in [0.2, 0.25) is 0 Å². The Morgan fingerprint density at radius 1 is 1.44 bits per heavy atom. The zero-order valence-electron chi connectivity index (χ0n) is 8.92. The summed E-state index contributed by atoms with van der Waals surface area (Å²) >= 11 is 6.89. The quantitative estimate of drug-likeness (QED) is 0.819. The molecule has 0 aliphatic rings. The maximum absolute atomic E-state index is 12.2. The van der Waals surface area contributed by atoms with E-state index in [2.05, 4.69) is 38.6 Å². The van der Waals surface area contributed by atoms with E-state index in [-0.39, 0.29) is 12.1 Å². The molecule has 0 atom stereocenters. The number of amides is 1. The van der Waals surface area contributed by atoms with Gasteiger partial charge in [-0.2, -0.15) is 12.6 Å².